The van der Waals surface area contributed by atoms with Crippen molar-refractivity contribution in [1.82, 2.24) is 29.2 Å². The third kappa shape index (κ3) is 4.64. The van der Waals surface area contributed by atoms with Crippen LogP contribution in [0.25, 0.3) is 16.3 Å². The van der Waals surface area contributed by atoms with Gasteiger partial charge in [0.15, 0.2) is 15.7 Å². The van der Waals surface area contributed by atoms with Crippen molar-refractivity contribution in [2.24, 2.45) is 0 Å². The average molecular weight is 548 g/mol. The lowest BCUT2D eigenvalue weighted by atomic mass is 10.2. The van der Waals surface area contributed by atoms with Crippen molar-refractivity contribution in [1.29, 1.82) is 0 Å². The molecule has 1 amide bonds. The number of sulfonamides is 1. The van der Waals surface area contributed by atoms with E-state index in [2.05, 4.69) is 19.9 Å². The molecule has 3 aromatic rings. The smallest absolute Gasteiger partial charge is 0.315 e. The molecule has 0 unspecified atom stereocenters. The molecule has 0 aromatic carbocycles. The van der Waals surface area contributed by atoms with Gasteiger partial charge in [0.1, 0.15) is 10.6 Å². The Morgan fingerprint density at radius 2 is 1.83 bits per heavy atom. The summed E-state index contributed by atoms with van der Waals surface area (Å²) in [6, 6.07) is 1.44. The topological polar surface area (TPSA) is 113 Å². The van der Waals surface area contributed by atoms with Crippen LogP contribution in [0.1, 0.15) is 31.2 Å². The summed E-state index contributed by atoms with van der Waals surface area (Å²) in [6.45, 7) is 2.16. The number of aromatic nitrogens is 4. The number of hydrogen-bond donors (Lipinski definition) is 1. The lowest BCUT2D eigenvalue weighted by molar-refractivity contribution is -0.143. The lowest BCUT2D eigenvalue weighted by Crippen LogP contribution is -2.50. The molecule has 1 saturated carbocycles. The molecule has 16 heteroatoms. The first-order valence-corrected chi connectivity index (χ1v) is 13.3. The minimum Gasteiger partial charge on any atom is -0.365 e. The number of anilines is 1. The van der Waals surface area contributed by atoms with Crippen LogP contribution in [0.4, 0.5) is 23.2 Å². The second kappa shape index (κ2) is 8.92. The molecule has 0 atom stereocenters. The predicted molar refractivity (Wildman–Crippen MR) is 122 cm³/mol. The molecule has 10 nitrogen and oxygen atoms in total. The fraction of sp³-hybridized carbons (Fsp3) is 0.500. The van der Waals surface area contributed by atoms with E-state index >= 15 is 0 Å². The number of piperazine rings is 1. The van der Waals surface area contributed by atoms with E-state index in [0.29, 0.717) is 35.5 Å². The first kappa shape index (κ1) is 24.8. The van der Waals surface area contributed by atoms with Gasteiger partial charge < -0.3 is 9.80 Å². The zero-order valence-corrected chi connectivity index (χ0v) is 20.5. The molecule has 0 spiro atoms. The number of alkyl halides is 4. The van der Waals surface area contributed by atoms with Gasteiger partial charge in [-0.25, -0.2) is 26.9 Å². The summed E-state index contributed by atoms with van der Waals surface area (Å²) in [7, 11) is -3.97. The molecule has 3 aromatic heterocycles. The molecule has 0 bridgehead atoms. The zero-order chi connectivity index (χ0) is 25.8. The minimum absolute atomic E-state index is 0.0182. The standard InChI is InChI=1S/C20H21F4N7O3S2/c1-20(2-3-20)28-36(33,34)11-8-12(29-4-6-30(7-5-29)19(32)15(23)24)16-25-9-13(31(16)10-11)17-26-27-18(35-17)14(21)22/h8-10,14-15,28H,2-7H2,1H3. The predicted octanol–water partition coefficient (Wildman–Crippen LogP) is 2.53. The third-order valence-corrected chi connectivity index (χ3v) is 8.78. The molecule has 1 aliphatic carbocycles. The van der Waals surface area contributed by atoms with Crippen molar-refractivity contribution < 1.29 is 30.8 Å². The van der Waals surface area contributed by atoms with Crippen LogP contribution in [0.5, 0.6) is 0 Å². The van der Waals surface area contributed by atoms with Crippen LogP contribution < -0.4 is 9.62 Å². The molecular weight excluding hydrogens is 526 g/mol. The molecule has 1 aliphatic heterocycles. The highest BCUT2D eigenvalue weighted by molar-refractivity contribution is 7.89. The minimum atomic E-state index is -3.97. The molecule has 1 saturated heterocycles. The van der Waals surface area contributed by atoms with E-state index < -0.39 is 39.3 Å². The Balaban J connectivity index is 1.57. The van der Waals surface area contributed by atoms with Gasteiger partial charge in [-0.1, -0.05) is 11.3 Å². The van der Waals surface area contributed by atoms with Gasteiger partial charge in [0.2, 0.25) is 10.0 Å². The van der Waals surface area contributed by atoms with Crippen LogP contribution in [0.3, 0.4) is 0 Å². The van der Waals surface area contributed by atoms with Crippen LogP contribution in [0.2, 0.25) is 0 Å². The summed E-state index contributed by atoms with van der Waals surface area (Å²) in [5.74, 6) is -1.26. The lowest BCUT2D eigenvalue weighted by Gasteiger charge is -2.36. The number of imidazole rings is 1. The highest BCUT2D eigenvalue weighted by Crippen LogP contribution is 2.37. The monoisotopic (exact) mass is 547 g/mol. The molecule has 1 N–H and O–H groups in total. The fourth-order valence-electron chi connectivity index (χ4n) is 3.99. The van der Waals surface area contributed by atoms with Crippen LogP contribution in [-0.2, 0) is 14.8 Å². The summed E-state index contributed by atoms with van der Waals surface area (Å²) in [6.07, 6.45) is -1.80. The highest BCUT2D eigenvalue weighted by atomic mass is 32.2. The number of rotatable bonds is 7. The molecule has 2 aliphatic rings. The van der Waals surface area contributed by atoms with Gasteiger partial charge in [-0.05, 0) is 25.8 Å². The van der Waals surface area contributed by atoms with E-state index in [1.807, 2.05) is 0 Å². The molecule has 0 radical (unpaired) electrons. The average Bonchev–Trinajstić information content (AvgIpc) is 3.22. The van der Waals surface area contributed by atoms with Gasteiger partial charge in [0.25, 0.3) is 12.3 Å². The van der Waals surface area contributed by atoms with E-state index in [4.69, 9.17) is 0 Å². The molecule has 194 valence electrons. The summed E-state index contributed by atoms with van der Waals surface area (Å²) >= 11 is 0.668. The Bertz CT molecular complexity index is 1410. The van der Waals surface area contributed by atoms with Crippen molar-refractivity contribution in [3.8, 4) is 10.7 Å². The van der Waals surface area contributed by atoms with E-state index in [1.165, 1.54) is 22.9 Å². The number of fused-ring (bicyclic) bond motifs is 1. The summed E-state index contributed by atoms with van der Waals surface area (Å²) < 4.78 is 82.4. The number of nitrogens with zero attached hydrogens (tertiary/aromatic N) is 6. The molecule has 5 rings (SSSR count). The Morgan fingerprint density at radius 1 is 1.14 bits per heavy atom. The summed E-state index contributed by atoms with van der Waals surface area (Å²) in [5, 5.41) is 6.96. The zero-order valence-electron chi connectivity index (χ0n) is 18.9. The van der Waals surface area contributed by atoms with Gasteiger partial charge >= 0.3 is 6.43 Å². The van der Waals surface area contributed by atoms with Crippen LogP contribution in [0.15, 0.2) is 23.4 Å². The van der Waals surface area contributed by atoms with Crippen LogP contribution in [0, 0.1) is 0 Å². The fourth-order valence-corrected chi connectivity index (χ4v) is 6.18. The number of halogens is 4. The van der Waals surface area contributed by atoms with E-state index in [1.54, 1.807) is 11.8 Å². The van der Waals surface area contributed by atoms with Crippen molar-refractivity contribution in [3.63, 3.8) is 0 Å². The Labute approximate surface area is 207 Å². The normalized spacial score (nSPS) is 18.0. The van der Waals surface area contributed by atoms with Crippen molar-refractivity contribution in [2.45, 2.75) is 43.1 Å². The third-order valence-electron chi connectivity index (χ3n) is 6.22. The molecular formula is C20H21F4N7O3S2. The number of hydrogen-bond acceptors (Lipinski definition) is 8. The SMILES string of the molecule is CC1(NS(=O)(=O)c2cc(N3CCN(C(=O)C(F)F)CC3)c3ncc(-c4nnc(C(F)F)s4)n3c2)CC1. The quantitative estimate of drug-likeness (QED) is 0.453. The molecule has 36 heavy (non-hydrogen) atoms. The second-order valence-corrected chi connectivity index (χ2v) is 11.6. The summed E-state index contributed by atoms with van der Waals surface area (Å²) in [4.78, 5) is 18.8. The van der Waals surface area contributed by atoms with Gasteiger partial charge in [-0.2, -0.15) is 8.78 Å². The first-order valence-electron chi connectivity index (χ1n) is 11.0. The maximum atomic E-state index is 13.2. The highest BCUT2D eigenvalue weighted by Gasteiger charge is 2.41. The van der Waals surface area contributed by atoms with E-state index in [-0.39, 0.29) is 41.8 Å². The van der Waals surface area contributed by atoms with Crippen LogP contribution in [-0.4, -0.2) is 77.0 Å². The Morgan fingerprint density at radius 3 is 2.42 bits per heavy atom. The molecule has 4 heterocycles. The summed E-state index contributed by atoms with van der Waals surface area (Å²) in [5.41, 5.74) is 0.451. The maximum absolute atomic E-state index is 13.2. The van der Waals surface area contributed by atoms with Gasteiger partial charge in [-0.3, -0.25) is 9.20 Å². The van der Waals surface area contributed by atoms with E-state index in [0.717, 1.165) is 4.90 Å². The van der Waals surface area contributed by atoms with Gasteiger partial charge in [-0.15, -0.1) is 10.2 Å². The molecule has 2 fully saturated rings. The number of amides is 1. The maximum Gasteiger partial charge on any atom is 0.315 e. The van der Waals surface area contributed by atoms with Crippen LogP contribution >= 0.6 is 11.3 Å². The number of pyridine rings is 1. The van der Waals surface area contributed by atoms with Crippen molar-refractivity contribution in [3.05, 3.63) is 23.5 Å². The Hall–Kier alpha value is -2.85. The van der Waals surface area contributed by atoms with Crippen molar-refractivity contribution in [2.75, 3.05) is 31.1 Å². The first-order chi connectivity index (χ1) is 17.0. The second-order valence-electron chi connectivity index (χ2n) is 8.92. The number of carbonyl (C=O) groups is 1. The van der Waals surface area contributed by atoms with E-state index in [9.17, 15) is 30.8 Å². The Kier molecular flexibility index (Phi) is 6.15. The largest absolute Gasteiger partial charge is 0.365 e. The van der Waals surface area contributed by atoms with Gasteiger partial charge in [0, 0.05) is 37.9 Å². The van der Waals surface area contributed by atoms with Crippen molar-refractivity contribution >= 4 is 38.6 Å². The number of carbonyl (C=O) groups excluding carboxylic acids is 1. The number of nitrogens with one attached hydrogen (secondary N) is 1. The van der Waals surface area contributed by atoms with Gasteiger partial charge in [0.05, 0.1) is 11.9 Å².